The van der Waals surface area contributed by atoms with Crippen LogP contribution in [0.15, 0.2) is 24.3 Å². The molecule has 2 aromatic rings. The van der Waals surface area contributed by atoms with Gasteiger partial charge in [-0.05, 0) is 24.6 Å². The number of H-pyrrole nitrogens is 1. The fourth-order valence-corrected chi connectivity index (χ4v) is 1.62. The first-order valence-corrected chi connectivity index (χ1v) is 5.60. The molecule has 0 radical (unpaired) electrons. The predicted octanol–water partition coefficient (Wildman–Crippen LogP) is 1.04. The van der Waals surface area contributed by atoms with Crippen molar-refractivity contribution in [2.75, 3.05) is 25.5 Å². The van der Waals surface area contributed by atoms with Crippen molar-refractivity contribution in [2.24, 2.45) is 5.73 Å². The third-order valence-electron chi connectivity index (χ3n) is 2.51. The number of aromatic amines is 1. The van der Waals surface area contributed by atoms with Gasteiger partial charge >= 0.3 is 0 Å². The van der Waals surface area contributed by atoms with Gasteiger partial charge in [0.15, 0.2) is 5.82 Å². The summed E-state index contributed by atoms with van der Waals surface area (Å²) in [6.07, 6.45) is 0.877. The highest BCUT2D eigenvalue weighted by molar-refractivity contribution is 5.57. The molecule has 0 aliphatic carbocycles. The minimum atomic E-state index is 0.656. The van der Waals surface area contributed by atoms with Gasteiger partial charge in [-0.3, -0.25) is 5.10 Å². The van der Waals surface area contributed by atoms with E-state index in [1.165, 1.54) is 5.56 Å². The van der Waals surface area contributed by atoms with E-state index < -0.39 is 0 Å². The standard InChI is InChI=1S/C12H17N5/c1-17(2)12-14-11(15-16-12)10-5-3-4-9(8-10)6-7-13/h3-5,8H,6-7,13H2,1-2H3,(H,14,15,16). The van der Waals surface area contributed by atoms with E-state index in [1.54, 1.807) is 0 Å². The van der Waals surface area contributed by atoms with Gasteiger partial charge in [-0.25, -0.2) is 0 Å². The van der Waals surface area contributed by atoms with Gasteiger partial charge in [-0.15, -0.1) is 5.10 Å². The van der Waals surface area contributed by atoms with Crippen molar-refractivity contribution in [1.29, 1.82) is 0 Å². The molecule has 3 N–H and O–H groups in total. The van der Waals surface area contributed by atoms with E-state index in [0.29, 0.717) is 12.5 Å². The maximum atomic E-state index is 5.55. The lowest BCUT2D eigenvalue weighted by Gasteiger charge is -2.04. The lowest BCUT2D eigenvalue weighted by molar-refractivity contribution is 0.968. The van der Waals surface area contributed by atoms with E-state index in [0.717, 1.165) is 17.8 Å². The lowest BCUT2D eigenvalue weighted by Crippen LogP contribution is -2.10. The number of hydrogen-bond acceptors (Lipinski definition) is 4. The Morgan fingerprint density at radius 1 is 1.35 bits per heavy atom. The highest BCUT2D eigenvalue weighted by Crippen LogP contribution is 2.18. The van der Waals surface area contributed by atoms with Gasteiger partial charge in [-0.2, -0.15) is 4.98 Å². The molecule has 0 aliphatic rings. The summed E-state index contributed by atoms with van der Waals surface area (Å²) in [7, 11) is 3.83. The molecule has 0 fully saturated rings. The largest absolute Gasteiger partial charge is 0.346 e. The molecular weight excluding hydrogens is 214 g/mol. The van der Waals surface area contributed by atoms with E-state index in [-0.39, 0.29) is 0 Å². The summed E-state index contributed by atoms with van der Waals surface area (Å²) >= 11 is 0. The van der Waals surface area contributed by atoms with Crippen LogP contribution in [0.5, 0.6) is 0 Å². The number of benzene rings is 1. The first kappa shape index (κ1) is 11.6. The number of nitrogens with one attached hydrogen (secondary N) is 1. The third kappa shape index (κ3) is 2.62. The van der Waals surface area contributed by atoms with Crippen molar-refractivity contribution in [3.05, 3.63) is 29.8 Å². The Bertz CT molecular complexity index is 489. The van der Waals surface area contributed by atoms with Crippen molar-refractivity contribution in [3.63, 3.8) is 0 Å². The Morgan fingerprint density at radius 3 is 2.82 bits per heavy atom. The second-order valence-electron chi connectivity index (χ2n) is 4.12. The number of aromatic nitrogens is 3. The Balaban J connectivity index is 2.28. The van der Waals surface area contributed by atoms with E-state index in [1.807, 2.05) is 31.1 Å². The molecule has 0 amide bonds. The number of nitrogens with two attached hydrogens (primary N) is 1. The number of rotatable bonds is 4. The molecule has 1 aromatic heterocycles. The van der Waals surface area contributed by atoms with Crippen LogP contribution < -0.4 is 10.6 Å². The molecular formula is C12H17N5. The van der Waals surface area contributed by atoms with Crippen LogP contribution in [0, 0.1) is 0 Å². The van der Waals surface area contributed by atoms with E-state index in [9.17, 15) is 0 Å². The van der Waals surface area contributed by atoms with Gasteiger partial charge in [0, 0.05) is 19.7 Å². The van der Waals surface area contributed by atoms with Crippen LogP contribution in [0.1, 0.15) is 5.56 Å². The minimum Gasteiger partial charge on any atom is -0.346 e. The molecule has 5 nitrogen and oxygen atoms in total. The van der Waals surface area contributed by atoms with E-state index in [4.69, 9.17) is 5.73 Å². The Labute approximate surface area is 101 Å². The Hall–Kier alpha value is -1.88. The highest BCUT2D eigenvalue weighted by Gasteiger charge is 2.07. The quantitative estimate of drug-likeness (QED) is 0.824. The van der Waals surface area contributed by atoms with Crippen LogP contribution in [0.25, 0.3) is 11.4 Å². The molecule has 0 atom stereocenters. The van der Waals surface area contributed by atoms with Crippen LogP contribution in [0.3, 0.4) is 0 Å². The lowest BCUT2D eigenvalue weighted by atomic mass is 10.1. The molecule has 5 heteroatoms. The maximum absolute atomic E-state index is 5.55. The van der Waals surface area contributed by atoms with Crippen molar-refractivity contribution in [3.8, 4) is 11.4 Å². The molecule has 1 heterocycles. The SMILES string of the molecule is CN(C)c1n[nH]c(-c2cccc(CCN)c2)n1. The number of anilines is 1. The molecule has 0 saturated heterocycles. The summed E-state index contributed by atoms with van der Waals surface area (Å²) in [5.41, 5.74) is 7.80. The third-order valence-corrected chi connectivity index (χ3v) is 2.51. The Kier molecular flexibility index (Phi) is 3.39. The van der Waals surface area contributed by atoms with Crippen LogP contribution in [0.4, 0.5) is 5.95 Å². The molecule has 90 valence electrons. The zero-order valence-electron chi connectivity index (χ0n) is 10.1. The molecule has 0 bridgehead atoms. The normalized spacial score (nSPS) is 10.5. The van der Waals surface area contributed by atoms with E-state index >= 15 is 0 Å². The van der Waals surface area contributed by atoms with Gasteiger partial charge in [0.1, 0.15) is 0 Å². The summed E-state index contributed by atoms with van der Waals surface area (Å²) < 4.78 is 0. The summed E-state index contributed by atoms with van der Waals surface area (Å²) in [5.74, 6) is 1.47. The van der Waals surface area contributed by atoms with Crippen molar-refractivity contribution < 1.29 is 0 Å². The predicted molar refractivity (Wildman–Crippen MR) is 68.9 cm³/mol. The number of hydrogen-bond donors (Lipinski definition) is 2. The molecule has 0 saturated carbocycles. The van der Waals surface area contributed by atoms with Crippen LogP contribution in [-0.2, 0) is 6.42 Å². The molecule has 0 spiro atoms. The topological polar surface area (TPSA) is 70.8 Å². The molecule has 2 rings (SSSR count). The first-order chi connectivity index (χ1) is 8.20. The molecule has 0 aliphatic heterocycles. The zero-order chi connectivity index (χ0) is 12.3. The summed E-state index contributed by atoms with van der Waals surface area (Å²) in [6.45, 7) is 0.656. The van der Waals surface area contributed by atoms with Gasteiger partial charge < -0.3 is 10.6 Å². The fraction of sp³-hybridized carbons (Fsp3) is 0.333. The van der Waals surface area contributed by atoms with Crippen molar-refractivity contribution >= 4 is 5.95 Å². The molecule has 17 heavy (non-hydrogen) atoms. The average Bonchev–Trinajstić information content (AvgIpc) is 2.79. The maximum Gasteiger partial charge on any atom is 0.244 e. The van der Waals surface area contributed by atoms with Crippen LogP contribution in [-0.4, -0.2) is 35.8 Å². The average molecular weight is 231 g/mol. The highest BCUT2D eigenvalue weighted by atomic mass is 15.3. The van der Waals surface area contributed by atoms with Gasteiger partial charge in [0.05, 0.1) is 0 Å². The summed E-state index contributed by atoms with van der Waals surface area (Å²) in [5, 5.41) is 7.07. The fourth-order valence-electron chi connectivity index (χ4n) is 1.62. The second-order valence-corrected chi connectivity index (χ2v) is 4.12. The molecule has 1 aromatic carbocycles. The van der Waals surface area contributed by atoms with Crippen molar-refractivity contribution in [1.82, 2.24) is 15.2 Å². The van der Waals surface area contributed by atoms with Crippen LogP contribution >= 0.6 is 0 Å². The minimum absolute atomic E-state index is 0.656. The monoisotopic (exact) mass is 231 g/mol. The molecule has 0 unspecified atom stereocenters. The first-order valence-electron chi connectivity index (χ1n) is 5.60. The summed E-state index contributed by atoms with van der Waals surface area (Å²) in [4.78, 5) is 6.27. The van der Waals surface area contributed by atoms with Gasteiger partial charge in [-0.1, -0.05) is 18.2 Å². The van der Waals surface area contributed by atoms with Crippen LogP contribution in [0.2, 0.25) is 0 Å². The smallest absolute Gasteiger partial charge is 0.244 e. The summed E-state index contributed by atoms with van der Waals surface area (Å²) in [6, 6.07) is 8.19. The Morgan fingerprint density at radius 2 is 2.18 bits per heavy atom. The van der Waals surface area contributed by atoms with Crippen molar-refractivity contribution in [2.45, 2.75) is 6.42 Å². The van der Waals surface area contributed by atoms with Gasteiger partial charge in [0.2, 0.25) is 5.95 Å². The number of nitrogens with zero attached hydrogens (tertiary/aromatic N) is 3. The second kappa shape index (κ2) is 4.97. The zero-order valence-corrected chi connectivity index (χ0v) is 10.1. The van der Waals surface area contributed by atoms with E-state index in [2.05, 4.69) is 27.3 Å². The van der Waals surface area contributed by atoms with Gasteiger partial charge in [0.25, 0.3) is 0 Å².